The summed E-state index contributed by atoms with van der Waals surface area (Å²) in [6, 6.07) is 7.60. The normalized spacial score (nSPS) is 20.2. The number of hydrogen-bond donors (Lipinski definition) is 1. The Hall–Kier alpha value is -0.730. The van der Waals surface area contributed by atoms with Crippen LogP contribution in [0.2, 0.25) is 5.02 Å². The monoisotopic (exact) mass is 294 g/mol. The molecule has 0 amide bonds. The van der Waals surface area contributed by atoms with Gasteiger partial charge in [-0.15, -0.1) is 0 Å². The van der Waals surface area contributed by atoms with E-state index in [1.165, 1.54) is 36.9 Å². The molecule has 1 aromatic rings. The van der Waals surface area contributed by atoms with Gasteiger partial charge in [-0.2, -0.15) is 0 Å². The standard InChI is InChI=1S/C17H27ClN2/c1-13(2)19-12-15-8-9-17(16(18)11-15)20-10-6-4-5-7-14(20)3/h8-9,11,13-14,19H,4-7,10,12H2,1-3H3. The summed E-state index contributed by atoms with van der Waals surface area (Å²) < 4.78 is 0. The lowest BCUT2D eigenvalue weighted by molar-refractivity contribution is 0.588. The largest absolute Gasteiger partial charge is 0.368 e. The molecule has 1 saturated heterocycles. The van der Waals surface area contributed by atoms with E-state index in [1.54, 1.807) is 0 Å². The smallest absolute Gasteiger partial charge is 0.0642 e. The van der Waals surface area contributed by atoms with Crippen molar-refractivity contribution >= 4 is 17.3 Å². The van der Waals surface area contributed by atoms with E-state index in [4.69, 9.17) is 11.6 Å². The summed E-state index contributed by atoms with van der Waals surface area (Å²) in [5.74, 6) is 0. The van der Waals surface area contributed by atoms with Crippen LogP contribution in [0.15, 0.2) is 18.2 Å². The van der Waals surface area contributed by atoms with E-state index in [-0.39, 0.29) is 0 Å². The maximum atomic E-state index is 6.53. The number of nitrogens with one attached hydrogen (secondary N) is 1. The molecule has 1 heterocycles. The van der Waals surface area contributed by atoms with Gasteiger partial charge in [0.1, 0.15) is 0 Å². The molecule has 0 radical (unpaired) electrons. The van der Waals surface area contributed by atoms with Crippen LogP contribution in [-0.4, -0.2) is 18.6 Å². The first-order chi connectivity index (χ1) is 9.58. The molecule has 1 aromatic carbocycles. The maximum absolute atomic E-state index is 6.53. The lowest BCUT2D eigenvalue weighted by atomic mass is 10.1. The van der Waals surface area contributed by atoms with Crippen molar-refractivity contribution in [2.24, 2.45) is 0 Å². The van der Waals surface area contributed by atoms with E-state index in [1.807, 2.05) is 0 Å². The third-order valence-corrected chi connectivity index (χ3v) is 4.39. The van der Waals surface area contributed by atoms with E-state index < -0.39 is 0 Å². The fraction of sp³-hybridized carbons (Fsp3) is 0.647. The van der Waals surface area contributed by atoms with Crippen LogP contribution in [0.25, 0.3) is 0 Å². The van der Waals surface area contributed by atoms with E-state index in [0.717, 1.165) is 18.1 Å². The van der Waals surface area contributed by atoms with E-state index >= 15 is 0 Å². The summed E-state index contributed by atoms with van der Waals surface area (Å²) in [7, 11) is 0. The van der Waals surface area contributed by atoms with Crippen molar-refractivity contribution in [1.29, 1.82) is 0 Å². The number of benzene rings is 1. The topological polar surface area (TPSA) is 15.3 Å². The zero-order chi connectivity index (χ0) is 14.5. The molecular formula is C17H27ClN2. The molecule has 0 bridgehead atoms. The summed E-state index contributed by atoms with van der Waals surface area (Å²) >= 11 is 6.53. The van der Waals surface area contributed by atoms with Gasteiger partial charge in [-0.05, 0) is 37.5 Å². The van der Waals surface area contributed by atoms with Gasteiger partial charge in [-0.1, -0.05) is 44.4 Å². The van der Waals surface area contributed by atoms with Crippen LogP contribution in [-0.2, 0) is 6.54 Å². The van der Waals surface area contributed by atoms with Gasteiger partial charge in [0.15, 0.2) is 0 Å². The highest BCUT2D eigenvalue weighted by Gasteiger charge is 2.19. The predicted molar refractivity (Wildman–Crippen MR) is 88.7 cm³/mol. The molecule has 1 fully saturated rings. The van der Waals surface area contributed by atoms with Gasteiger partial charge in [0.05, 0.1) is 10.7 Å². The molecular weight excluding hydrogens is 268 g/mol. The molecule has 1 atom stereocenters. The first-order valence-corrected chi connectivity index (χ1v) is 8.24. The molecule has 2 rings (SSSR count). The Morgan fingerprint density at radius 2 is 2.10 bits per heavy atom. The molecule has 1 unspecified atom stereocenters. The SMILES string of the molecule is CC(C)NCc1ccc(N2CCCCCC2C)c(Cl)c1. The van der Waals surface area contributed by atoms with Crippen molar-refractivity contribution in [1.82, 2.24) is 5.32 Å². The van der Waals surface area contributed by atoms with Crippen LogP contribution in [0.3, 0.4) is 0 Å². The quantitative estimate of drug-likeness (QED) is 0.872. The highest BCUT2D eigenvalue weighted by molar-refractivity contribution is 6.33. The average molecular weight is 295 g/mol. The Labute approximate surface area is 128 Å². The van der Waals surface area contributed by atoms with Crippen molar-refractivity contribution < 1.29 is 0 Å². The Bertz CT molecular complexity index is 431. The van der Waals surface area contributed by atoms with Gasteiger partial charge in [0.25, 0.3) is 0 Å². The third-order valence-electron chi connectivity index (χ3n) is 4.09. The molecule has 1 aliphatic heterocycles. The second-order valence-electron chi connectivity index (χ2n) is 6.21. The summed E-state index contributed by atoms with van der Waals surface area (Å²) in [5, 5.41) is 4.33. The zero-order valence-corrected chi connectivity index (χ0v) is 13.7. The molecule has 0 saturated carbocycles. The van der Waals surface area contributed by atoms with Crippen molar-refractivity contribution in [3.8, 4) is 0 Å². The zero-order valence-electron chi connectivity index (χ0n) is 13.0. The fourth-order valence-electron chi connectivity index (χ4n) is 2.85. The van der Waals surface area contributed by atoms with Crippen molar-refractivity contribution in [2.45, 2.75) is 65.1 Å². The second-order valence-corrected chi connectivity index (χ2v) is 6.62. The second kappa shape index (κ2) is 7.33. The molecule has 3 heteroatoms. The number of nitrogens with zero attached hydrogens (tertiary/aromatic N) is 1. The van der Waals surface area contributed by atoms with Crippen LogP contribution in [0.5, 0.6) is 0 Å². The molecule has 0 spiro atoms. The Balaban J connectivity index is 2.11. The summed E-state index contributed by atoms with van der Waals surface area (Å²) in [5.41, 5.74) is 2.46. The van der Waals surface area contributed by atoms with E-state index in [0.29, 0.717) is 12.1 Å². The minimum absolute atomic E-state index is 0.499. The molecule has 0 aromatic heterocycles. The maximum Gasteiger partial charge on any atom is 0.0642 e. The summed E-state index contributed by atoms with van der Waals surface area (Å²) in [4.78, 5) is 2.48. The van der Waals surface area contributed by atoms with Crippen molar-refractivity contribution in [2.75, 3.05) is 11.4 Å². The number of hydrogen-bond acceptors (Lipinski definition) is 2. The van der Waals surface area contributed by atoms with E-state index in [9.17, 15) is 0 Å². The highest BCUT2D eigenvalue weighted by atomic mass is 35.5. The number of anilines is 1. The first kappa shape index (κ1) is 15.7. The lowest BCUT2D eigenvalue weighted by Gasteiger charge is -2.30. The Kier molecular flexibility index (Phi) is 5.74. The van der Waals surface area contributed by atoms with Gasteiger partial charge in [0.2, 0.25) is 0 Å². The number of halogens is 1. The number of rotatable bonds is 4. The van der Waals surface area contributed by atoms with Gasteiger partial charge < -0.3 is 10.2 Å². The molecule has 0 aliphatic carbocycles. The predicted octanol–water partition coefficient (Wildman–Crippen LogP) is 4.61. The minimum Gasteiger partial charge on any atom is -0.368 e. The van der Waals surface area contributed by atoms with Gasteiger partial charge in [-0.25, -0.2) is 0 Å². The summed E-state index contributed by atoms with van der Waals surface area (Å²) in [6.45, 7) is 8.65. The van der Waals surface area contributed by atoms with Gasteiger partial charge in [-0.3, -0.25) is 0 Å². The van der Waals surface area contributed by atoms with Crippen LogP contribution in [0.1, 0.15) is 52.0 Å². The lowest BCUT2D eigenvalue weighted by Crippen LogP contribution is -2.32. The molecule has 20 heavy (non-hydrogen) atoms. The van der Waals surface area contributed by atoms with Crippen LogP contribution < -0.4 is 10.2 Å². The summed E-state index contributed by atoms with van der Waals surface area (Å²) in [6.07, 6.45) is 5.23. The first-order valence-electron chi connectivity index (χ1n) is 7.86. The van der Waals surface area contributed by atoms with Crippen LogP contribution in [0, 0.1) is 0 Å². The van der Waals surface area contributed by atoms with Gasteiger partial charge >= 0.3 is 0 Å². The Morgan fingerprint density at radius 1 is 1.30 bits per heavy atom. The molecule has 1 N–H and O–H groups in total. The highest BCUT2D eigenvalue weighted by Crippen LogP contribution is 2.31. The van der Waals surface area contributed by atoms with Crippen molar-refractivity contribution in [3.63, 3.8) is 0 Å². The fourth-order valence-corrected chi connectivity index (χ4v) is 3.16. The van der Waals surface area contributed by atoms with E-state index in [2.05, 4.69) is 49.2 Å². The molecule has 1 aliphatic rings. The molecule has 2 nitrogen and oxygen atoms in total. The minimum atomic E-state index is 0.499. The average Bonchev–Trinajstić information content (AvgIpc) is 2.61. The molecule has 112 valence electrons. The van der Waals surface area contributed by atoms with Crippen LogP contribution in [0.4, 0.5) is 5.69 Å². The van der Waals surface area contributed by atoms with Gasteiger partial charge in [0, 0.05) is 25.2 Å². The van der Waals surface area contributed by atoms with Crippen LogP contribution >= 0.6 is 11.6 Å². The Morgan fingerprint density at radius 3 is 2.80 bits per heavy atom. The third kappa shape index (κ3) is 4.13. The van der Waals surface area contributed by atoms with Crippen molar-refractivity contribution in [3.05, 3.63) is 28.8 Å².